The number of likely N-dealkylation sites (tertiary alicyclic amines) is 1. The molecule has 0 spiro atoms. The first-order valence-electron chi connectivity index (χ1n) is 12.2. The molecule has 0 saturated carbocycles. The number of anilines is 1. The molecule has 0 aliphatic carbocycles. The Bertz CT molecular complexity index is 1510. The number of amides is 3. The average Bonchev–Trinajstić information content (AvgIpc) is 3.51. The summed E-state index contributed by atoms with van der Waals surface area (Å²) < 4.78 is 0. The number of hydrogen-bond donors (Lipinski definition) is 3. The Kier molecular flexibility index (Phi) is 5.88. The van der Waals surface area contributed by atoms with E-state index in [2.05, 4.69) is 20.6 Å². The molecule has 1 saturated heterocycles. The van der Waals surface area contributed by atoms with Gasteiger partial charge in [-0.05, 0) is 53.9 Å². The fraction of sp³-hybridized carbons (Fsp3) is 0.214. The highest BCUT2D eigenvalue weighted by Gasteiger charge is 2.36. The molecule has 37 heavy (non-hydrogen) atoms. The van der Waals surface area contributed by atoms with Crippen LogP contribution in [0.5, 0.6) is 0 Å². The number of para-hydroxylation sites is 2. The molecule has 2 aliphatic heterocycles. The maximum absolute atomic E-state index is 13.6. The molecule has 0 radical (unpaired) electrons. The molecular weight excluding hydrogens is 490 g/mol. The van der Waals surface area contributed by atoms with Crippen LogP contribution < -0.4 is 10.6 Å². The van der Waals surface area contributed by atoms with E-state index < -0.39 is 0 Å². The highest BCUT2D eigenvalue weighted by atomic mass is 35.5. The van der Waals surface area contributed by atoms with Crippen molar-refractivity contribution < 1.29 is 14.4 Å². The summed E-state index contributed by atoms with van der Waals surface area (Å²) in [4.78, 5) is 48.1. The van der Waals surface area contributed by atoms with E-state index >= 15 is 0 Å². The van der Waals surface area contributed by atoms with Crippen LogP contribution in [0.25, 0.3) is 11.0 Å². The van der Waals surface area contributed by atoms with E-state index in [-0.39, 0.29) is 41.9 Å². The van der Waals surface area contributed by atoms with Crippen LogP contribution in [-0.2, 0) is 11.2 Å². The zero-order valence-electron chi connectivity index (χ0n) is 19.8. The molecule has 3 N–H and O–H groups in total. The first-order valence-corrected chi connectivity index (χ1v) is 12.6. The van der Waals surface area contributed by atoms with Gasteiger partial charge in [0.1, 0.15) is 0 Å². The number of fused-ring (bicyclic) bond motifs is 2. The molecule has 8 nitrogen and oxygen atoms in total. The standard InChI is InChI=1S/C28H24ClN5O3/c29-17-6-3-5-16(13-17)18-11-12-34(28(37)19-7-4-10-21-20(19)14-25(35)30-21)15-24(18)33-27(36)26-31-22-8-1-2-9-23(22)32-26/h1-10,13,18,24H,11-12,14-15H2,(H,30,35)(H,31,32)(H,33,36)/t18-,24+/m0/s1. The lowest BCUT2D eigenvalue weighted by Gasteiger charge is -2.39. The Labute approximate surface area is 218 Å². The van der Waals surface area contributed by atoms with Crippen LogP contribution >= 0.6 is 11.6 Å². The topological polar surface area (TPSA) is 107 Å². The minimum absolute atomic E-state index is 0.0409. The third-order valence-corrected chi connectivity index (χ3v) is 7.35. The smallest absolute Gasteiger partial charge is 0.287 e. The van der Waals surface area contributed by atoms with E-state index in [1.54, 1.807) is 23.1 Å². The first-order chi connectivity index (χ1) is 18.0. The van der Waals surface area contributed by atoms with Gasteiger partial charge in [0.25, 0.3) is 11.8 Å². The Morgan fingerprint density at radius 1 is 1.05 bits per heavy atom. The summed E-state index contributed by atoms with van der Waals surface area (Å²) in [6.45, 7) is 0.824. The zero-order valence-corrected chi connectivity index (χ0v) is 20.6. The molecule has 3 amide bonds. The molecule has 2 aliphatic rings. The summed E-state index contributed by atoms with van der Waals surface area (Å²) in [7, 11) is 0. The summed E-state index contributed by atoms with van der Waals surface area (Å²) in [5.74, 6) is -0.425. The number of aromatic nitrogens is 2. The van der Waals surface area contributed by atoms with Crippen molar-refractivity contribution in [1.82, 2.24) is 20.2 Å². The lowest BCUT2D eigenvalue weighted by atomic mass is 9.84. The normalized spacial score (nSPS) is 18.9. The molecule has 9 heteroatoms. The van der Waals surface area contributed by atoms with Gasteiger partial charge in [-0.3, -0.25) is 14.4 Å². The second-order valence-corrected chi connectivity index (χ2v) is 9.88. The Hall–Kier alpha value is -4.17. The van der Waals surface area contributed by atoms with E-state index in [9.17, 15) is 14.4 Å². The minimum atomic E-state index is -0.367. The van der Waals surface area contributed by atoms with Gasteiger partial charge in [0.05, 0.1) is 23.5 Å². The second-order valence-electron chi connectivity index (χ2n) is 9.44. The van der Waals surface area contributed by atoms with Gasteiger partial charge in [-0.25, -0.2) is 4.98 Å². The van der Waals surface area contributed by atoms with Crippen LogP contribution in [0.15, 0.2) is 66.7 Å². The number of nitrogens with one attached hydrogen (secondary N) is 3. The molecule has 3 heterocycles. The average molecular weight is 514 g/mol. The van der Waals surface area contributed by atoms with E-state index in [0.29, 0.717) is 41.3 Å². The van der Waals surface area contributed by atoms with Crippen LogP contribution in [0.4, 0.5) is 5.69 Å². The molecule has 6 rings (SSSR count). The van der Waals surface area contributed by atoms with E-state index in [1.165, 1.54) is 0 Å². The van der Waals surface area contributed by atoms with Gasteiger partial charge in [-0.2, -0.15) is 0 Å². The van der Waals surface area contributed by atoms with Crippen molar-refractivity contribution in [2.45, 2.75) is 24.8 Å². The highest BCUT2D eigenvalue weighted by Crippen LogP contribution is 2.33. The maximum atomic E-state index is 13.6. The molecule has 1 aromatic heterocycles. The number of H-pyrrole nitrogens is 1. The van der Waals surface area contributed by atoms with E-state index in [1.807, 2.05) is 48.5 Å². The summed E-state index contributed by atoms with van der Waals surface area (Å²) >= 11 is 6.28. The maximum Gasteiger partial charge on any atom is 0.287 e. The van der Waals surface area contributed by atoms with E-state index in [0.717, 1.165) is 16.6 Å². The molecule has 1 fully saturated rings. The van der Waals surface area contributed by atoms with Crippen LogP contribution in [0.1, 0.15) is 44.4 Å². The number of nitrogens with zero attached hydrogens (tertiary/aromatic N) is 2. The Balaban J connectivity index is 1.29. The van der Waals surface area contributed by atoms with Crippen molar-refractivity contribution in [2.24, 2.45) is 0 Å². The third kappa shape index (κ3) is 4.44. The molecule has 2 atom stereocenters. The third-order valence-electron chi connectivity index (χ3n) is 7.12. The van der Waals surface area contributed by atoms with Crippen molar-refractivity contribution in [3.05, 3.63) is 94.3 Å². The monoisotopic (exact) mass is 513 g/mol. The van der Waals surface area contributed by atoms with Crippen molar-refractivity contribution in [1.29, 1.82) is 0 Å². The minimum Gasteiger partial charge on any atom is -0.344 e. The predicted molar refractivity (Wildman–Crippen MR) is 141 cm³/mol. The lowest BCUT2D eigenvalue weighted by Crippen LogP contribution is -2.53. The fourth-order valence-corrected chi connectivity index (χ4v) is 5.53. The van der Waals surface area contributed by atoms with Gasteiger partial charge in [0, 0.05) is 35.3 Å². The number of piperidine rings is 1. The molecule has 0 unspecified atom stereocenters. The van der Waals surface area contributed by atoms with Crippen LogP contribution in [-0.4, -0.2) is 51.7 Å². The summed E-state index contributed by atoms with van der Waals surface area (Å²) in [5, 5.41) is 6.55. The van der Waals surface area contributed by atoms with Gasteiger partial charge >= 0.3 is 0 Å². The van der Waals surface area contributed by atoms with Crippen molar-refractivity contribution in [3.63, 3.8) is 0 Å². The highest BCUT2D eigenvalue weighted by molar-refractivity contribution is 6.30. The number of carbonyl (C=O) groups excluding carboxylic acids is 3. The lowest BCUT2D eigenvalue weighted by molar-refractivity contribution is -0.115. The number of rotatable bonds is 4. The second kappa shape index (κ2) is 9.37. The number of aromatic amines is 1. The van der Waals surface area contributed by atoms with Gasteiger partial charge in [0.2, 0.25) is 5.91 Å². The van der Waals surface area contributed by atoms with Crippen molar-refractivity contribution in [3.8, 4) is 0 Å². The summed E-state index contributed by atoms with van der Waals surface area (Å²) in [6, 6.07) is 20.0. The number of halogens is 1. The molecular formula is C28H24ClN5O3. The number of carbonyl (C=O) groups is 3. The summed E-state index contributed by atoms with van der Waals surface area (Å²) in [5.41, 5.74) is 4.40. The number of imidazole rings is 1. The molecule has 0 bridgehead atoms. The molecule has 3 aromatic carbocycles. The van der Waals surface area contributed by atoms with Gasteiger partial charge < -0.3 is 20.5 Å². The zero-order chi connectivity index (χ0) is 25.5. The molecule has 186 valence electrons. The largest absolute Gasteiger partial charge is 0.344 e. The first kappa shape index (κ1) is 23.2. The van der Waals surface area contributed by atoms with Crippen LogP contribution in [0.2, 0.25) is 5.02 Å². The fourth-order valence-electron chi connectivity index (χ4n) is 5.34. The summed E-state index contributed by atoms with van der Waals surface area (Å²) in [6.07, 6.45) is 0.825. The van der Waals surface area contributed by atoms with Gasteiger partial charge in [-0.1, -0.05) is 41.9 Å². The quantitative estimate of drug-likeness (QED) is 0.381. The SMILES string of the molecule is O=C1Cc2c(cccc2C(=O)N2CC[C@@H](c3cccc(Cl)c3)[C@H](NC(=O)c3nc4ccccc4[nH]3)C2)N1. The number of benzene rings is 3. The molecule has 4 aromatic rings. The van der Waals surface area contributed by atoms with Crippen LogP contribution in [0.3, 0.4) is 0 Å². The van der Waals surface area contributed by atoms with Crippen molar-refractivity contribution >= 4 is 46.0 Å². The predicted octanol–water partition coefficient (Wildman–Crippen LogP) is 4.14. The van der Waals surface area contributed by atoms with Gasteiger partial charge in [-0.15, -0.1) is 0 Å². The van der Waals surface area contributed by atoms with Crippen molar-refractivity contribution in [2.75, 3.05) is 18.4 Å². The number of hydrogen-bond acceptors (Lipinski definition) is 4. The van der Waals surface area contributed by atoms with Gasteiger partial charge in [0.15, 0.2) is 5.82 Å². The van der Waals surface area contributed by atoms with E-state index in [4.69, 9.17) is 11.6 Å². The van der Waals surface area contributed by atoms with Crippen LogP contribution in [0, 0.1) is 0 Å². The Morgan fingerprint density at radius 3 is 2.73 bits per heavy atom. The Morgan fingerprint density at radius 2 is 1.89 bits per heavy atom.